The van der Waals surface area contributed by atoms with Gasteiger partial charge < -0.3 is 14.9 Å². The van der Waals surface area contributed by atoms with E-state index in [0.717, 1.165) is 39.0 Å². The van der Waals surface area contributed by atoms with Crippen LogP contribution in [0, 0.1) is 0 Å². The number of benzene rings is 7. The summed E-state index contributed by atoms with van der Waals surface area (Å²) in [4.78, 5) is 22.1. The number of rotatable bonds is 4. The highest BCUT2D eigenvalue weighted by atomic mass is 15.3. The molecule has 6 nitrogen and oxygen atoms in total. The molecule has 11 rings (SSSR count). The molecule has 0 amide bonds. The van der Waals surface area contributed by atoms with Gasteiger partial charge in [0.2, 0.25) is 11.9 Å². The lowest BCUT2D eigenvalue weighted by atomic mass is 9.64. The smallest absolute Gasteiger partial charge is 0.215 e. The number of nitrogens with one attached hydrogen (secondary N) is 2. The first-order chi connectivity index (χ1) is 25.3. The Morgan fingerprint density at radius 2 is 0.961 bits per heavy atom. The van der Waals surface area contributed by atoms with Crippen LogP contribution in [-0.2, 0) is 5.41 Å². The van der Waals surface area contributed by atoms with Crippen molar-refractivity contribution in [1.82, 2.24) is 19.9 Å². The zero-order valence-electron chi connectivity index (χ0n) is 27.5. The van der Waals surface area contributed by atoms with Crippen molar-refractivity contribution in [2.45, 2.75) is 5.41 Å². The minimum atomic E-state index is -0.576. The molecule has 2 aromatic heterocycles. The van der Waals surface area contributed by atoms with E-state index < -0.39 is 5.41 Å². The van der Waals surface area contributed by atoms with E-state index in [4.69, 9.17) is 9.97 Å². The maximum atomic E-state index is 5.14. The number of anilines is 6. The number of fused-ring (bicyclic) bond motifs is 11. The van der Waals surface area contributed by atoms with Crippen molar-refractivity contribution in [3.05, 3.63) is 192 Å². The summed E-state index contributed by atoms with van der Waals surface area (Å²) in [6.07, 6.45) is 0. The Kier molecular flexibility index (Phi) is 5.78. The summed E-state index contributed by atoms with van der Waals surface area (Å²) in [7, 11) is 0. The second-order valence-electron chi connectivity index (χ2n) is 13.2. The molecule has 2 N–H and O–H groups in total. The molecule has 0 saturated heterocycles. The molecule has 1 aliphatic carbocycles. The van der Waals surface area contributed by atoms with Gasteiger partial charge in [-0.1, -0.05) is 115 Å². The van der Waals surface area contributed by atoms with Crippen molar-refractivity contribution in [3.8, 4) is 11.1 Å². The topological polar surface area (TPSA) is 63.8 Å². The largest absolute Gasteiger partial charge is 0.323 e. The fourth-order valence-electron chi connectivity index (χ4n) is 8.60. The second kappa shape index (κ2) is 10.5. The summed E-state index contributed by atoms with van der Waals surface area (Å²) in [6.45, 7) is 0. The molecule has 3 heterocycles. The molecule has 7 aromatic carbocycles. The van der Waals surface area contributed by atoms with Gasteiger partial charge in [0.1, 0.15) is 0 Å². The molecular formula is C45H30N6. The summed E-state index contributed by atoms with van der Waals surface area (Å²) in [5.41, 5.74) is 14.9. The van der Waals surface area contributed by atoms with Gasteiger partial charge in [-0.25, -0.2) is 14.9 Å². The number of hydrogen-bond donors (Lipinski definition) is 2. The van der Waals surface area contributed by atoms with Crippen LogP contribution in [0.2, 0.25) is 0 Å². The van der Waals surface area contributed by atoms with Crippen LogP contribution in [0.25, 0.3) is 33.2 Å². The third-order valence-electron chi connectivity index (χ3n) is 10.6. The second-order valence-corrected chi connectivity index (χ2v) is 13.2. The molecule has 0 unspecified atom stereocenters. The molecule has 240 valence electrons. The lowest BCUT2D eigenvalue weighted by Gasteiger charge is -2.45. The molecule has 9 aromatic rings. The molecule has 0 atom stereocenters. The molecule has 6 heteroatoms. The number of aromatic amines is 2. The normalized spacial score (nSPS) is 13.6. The first kappa shape index (κ1) is 28.0. The molecule has 0 radical (unpaired) electrons. The predicted octanol–water partition coefficient (Wildman–Crippen LogP) is 11.1. The van der Waals surface area contributed by atoms with Crippen molar-refractivity contribution < 1.29 is 0 Å². The summed E-state index contributed by atoms with van der Waals surface area (Å²) >= 11 is 0. The molecule has 51 heavy (non-hydrogen) atoms. The number of para-hydroxylation sites is 7. The van der Waals surface area contributed by atoms with Crippen LogP contribution < -0.4 is 9.80 Å². The van der Waals surface area contributed by atoms with Gasteiger partial charge in [-0.15, -0.1) is 0 Å². The molecule has 0 bridgehead atoms. The van der Waals surface area contributed by atoms with Gasteiger partial charge >= 0.3 is 0 Å². The Balaban J connectivity index is 1.24. The number of nitrogens with zero attached hydrogens (tertiary/aromatic N) is 4. The van der Waals surface area contributed by atoms with Gasteiger partial charge in [0, 0.05) is 11.3 Å². The van der Waals surface area contributed by atoms with Gasteiger partial charge in [-0.2, -0.15) is 0 Å². The van der Waals surface area contributed by atoms with E-state index in [9.17, 15) is 0 Å². The fraction of sp³-hybridized carbons (Fsp3) is 0.0222. The minimum absolute atomic E-state index is 0.576. The predicted molar refractivity (Wildman–Crippen MR) is 206 cm³/mol. The van der Waals surface area contributed by atoms with E-state index in [0.29, 0.717) is 11.9 Å². The Bertz CT molecular complexity index is 2610. The van der Waals surface area contributed by atoms with Crippen LogP contribution in [0.3, 0.4) is 0 Å². The summed E-state index contributed by atoms with van der Waals surface area (Å²) in [5, 5.41) is 0. The Labute approximate surface area is 294 Å². The van der Waals surface area contributed by atoms with E-state index in [-0.39, 0.29) is 0 Å². The highest BCUT2D eigenvalue weighted by Crippen LogP contribution is 2.65. The van der Waals surface area contributed by atoms with Gasteiger partial charge in [0.25, 0.3) is 0 Å². The summed E-state index contributed by atoms with van der Waals surface area (Å²) in [5.74, 6) is 1.39. The monoisotopic (exact) mass is 654 g/mol. The van der Waals surface area contributed by atoms with Crippen molar-refractivity contribution in [1.29, 1.82) is 0 Å². The van der Waals surface area contributed by atoms with Gasteiger partial charge in [0.15, 0.2) is 0 Å². The lowest BCUT2D eigenvalue weighted by Crippen LogP contribution is -2.36. The third-order valence-corrected chi connectivity index (χ3v) is 10.6. The van der Waals surface area contributed by atoms with E-state index in [1.807, 2.05) is 36.4 Å². The van der Waals surface area contributed by atoms with Crippen LogP contribution in [0.5, 0.6) is 0 Å². The van der Waals surface area contributed by atoms with Crippen LogP contribution in [0.1, 0.15) is 22.3 Å². The van der Waals surface area contributed by atoms with Crippen LogP contribution in [0.4, 0.5) is 34.6 Å². The van der Waals surface area contributed by atoms with Gasteiger partial charge in [-0.3, -0.25) is 0 Å². The molecule has 0 saturated carbocycles. The summed E-state index contributed by atoms with van der Waals surface area (Å²) < 4.78 is 0. The van der Waals surface area contributed by atoms with Crippen LogP contribution >= 0.6 is 0 Å². The number of aromatic nitrogens is 4. The van der Waals surface area contributed by atoms with Gasteiger partial charge in [-0.05, 0) is 82.4 Å². The quantitative estimate of drug-likeness (QED) is 0.198. The van der Waals surface area contributed by atoms with Crippen molar-refractivity contribution in [2.75, 3.05) is 9.80 Å². The maximum absolute atomic E-state index is 5.14. The van der Waals surface area contributed by atoms with E-state index in [1.54, 1.807) is 0 Å². The minimum Gasteiger partial charge on any atom is -0.323 e. The lowest BCUT2D eigenvalue weighted by molar-refractivity contribution is 0.752. The van der Waals surface area contributed by atoms with Crippen LogP contribution in [0.15, 0.2) is 170 Å². The molecular weight excluding hydrogens is 625 g/mol. The fourth-order valence-corrected chi connectivity index (χ4v) is 8.60. The van der Waals surface area contributed by atoms with E-state index in [1.165, 1.54) is 39.2 Å². The summed E-state index contributed by atoms with van der Waals surface area (Å²) in [6, 6.07) is 60.5. The van der Waals surface area contributed by atoms with Gasteiger partial charge in [0.05, 0.1) is 44.5 Å². The van der Waals surface area contributed by atoms with Crippen molar-refractivity contribution in [3.63, 3.8) is 0 Å². The number of imidazole rings is 2. The Morgan fingerprint density at radius 1 is 0.451 bits per heavy atom. The zero-order valence-corrected chi connectivity index (χ0v) is 27.5. The molecule has 1 aliphatic heterocycles. The highest BCUT2D eigenvalue weighted by molar-refractivity contribution is 6.01. The van der Waals surface area contributed by atoms with E-state index >= 15 is 0 Å². The third kappa shape index (κ3) is 3.81. The van der Waals surface area contributed by atoms with E-state index in [2.05, 4.69) is 153 Å². The number of H-pyrrole nitrogens is 2. The van der Waals surface area contributed by atoms with Crippen molar-refractivity contribution in [2.24, 2.45) is 0 Å². The first-order valence-corrected chi connectivity index (χ1v) is 17.3. The Morgan fingerprint density at radius 3 is 1.59 bits per heavy atom. The molecule has 1 spiro atoms. The maximum Gasteiger partial charge on any atom is 0.215 e. The average Bonchev–Trinajstić information content (AvgIpc) is 3.89. The highest BCUT2D eigenvalue weighted by Gasteiger charge is 2.52. The average molecular weight is 655 g/mol. The zero-order chi connectivity index (χ0) is 33.5. The first-order valence-electron chi connectivity index (χ1n) is 17.3. The molecule has 0 fully saturated rings. The SMILES string of the molecule is c1ccc(N2c3ccccc3C3(c4ccccc4-c4c(N(c5nc6ccccc6[nH]5)c5nc6ccccc6[nH]5)cccc43)c3ccccc32)cc1. The Hall–Kier alpha value is -6.92. The molecule has 2 aliphatic rings. The standard InChI is InChI=1S/C45H30N6/c1-2-15-29(16-3-1)50-39-26-12-6-19-32(39)45(33-20-7-13-27-40(33)50)31-18-5-4-17-30(31)42-34(45)21-14-28-41(42)51(43-46-35-22-8-9-23-36(35)47-43)44-48-37-24-10-11-25-38(37)49-44/h1-28H,(H,46,47)(H,48,49). The number of hydrogen-bond acceptors (Lipinski definition) is 4. The van der Waals surface area contributed by atoms with Crippen LogP contribution in [-0.4, -0.2) is 19.9 Å². The van der Waals surface area contributed by atoms with Crippen molar-refractivity contribution >= 4 is 56.7 Å².